The molecule has 156 valence electrons. The smallest absolute Gasteiger partial charge is 0.0992 e. The number of rotatable bonds is 2. The second kappa shape index (κ2) is 7.33. The summed E-state index contributed by atoms with van der Waals surface area (Å²) in [6, 6.07) is 20.1. The molecular weight excluding hydrogens is 465 g/mol. The van der Waals surface area contributed by atoms with Crippen LogP contribution in [-0.4, -0.2) is 0 Å². The quantitative estimate of drug-likeness (QED) is 0.251. The van der Waals surface area contributed by atoms with Crippen molar-refractivity contribution in [2.24, 2.45) is 0 Å². The van der Waals surface area contributed by atoms with Crippen molar-refractivity contribution in [1.82, 2.24) is 0 Å². The average molecular weight is 479 g/mol. The summed E-state index contributed by atoms with van der Waals surface area (Å²) in [5, 5.41) is 27.0. The number of anilines is 2. The predicted octanol–water partition coefficient (Wildman–Crippen LogP) is 7.57. The van der Waals surface area contributed by atoms with E-state index in [0.717, 1.165) is 51.8 Å². The van der Waals surface area contributed by atoms with Gasteiger partial charge in [0.15, 0.2) is 0 Å². The molecule has 6 rings (SSSR count). The molecule has 4 N–H and O–H groups in total. The fourth-order valence-corrected chi connectivity index (χ4v) is 7.40. The average Bonchev–Trinajstić information content (AvgIpc) is 3.56. The maximum absolute atomic E-state index is 9.24. The molecule has 0 aliphatic rings. The van der Waals surface area contributed by atoms with Crippen LogP contribution in [0.4, 0.5) is 11.4 Å². The summed E-state index contributed by atoms with van der Waals surface area (Å²) in [6.45, 7) is 0. The van der Waals surface area contributed by atoms with E-state index in [9.17, 15) is 10.5 Å². The SMILES string of the molecule is N#Cc1ccc2cc(-c3c(N)c(N)c(-c4cc5ccc(C#N)cc5s4)c4cscc34)sc2c1. The highest BCUT2D eigenvalue weighted by Crippen LogP contribution is 2.50. The van der Waals surface area contributed by atoms with Gasteiger partial charge in [0.05, 0.1) is 34.6 Å². The number of nitriles is 2. The molecule has 0 bridgehead atoms. The predicted molar refractivity (Wildman–Crippen MR) is 142 cm³/mol. The Morgan fingerprint density at radius 2 is 1.09 bits per heavy atom. The topological polar surface area (TPSA) is 99.6 Å². The number of hydrogen-bond acceptors (Lipinski definition) is 7. The molecule has 0 fully saturated rings. The molecule has 0 radical (unpaired) electrons. The standard InChI is InChI=1S/C26H14N4S3/c27-9-13-1-3-15-7-21(32-19(15)5-13)23-17-11-31-12-18(17)24(26(30)25(23)29)22-8-16-4-2-14(10-28)6-20(16)33-22/h1-8,11-12H,29-30H2. The lowest BCUT2D eigenvalue weighted by atomic mass is 9.96. The summed E-state index contributed by atoms with van der Waals surface area (Å²) in [4.78, 5) is 2.07. The lowest BCUT2D eigenvalue weighted by Crippen LogP contribution is -2.00. The van der Waals surface area contributed by atoms with E-state index in [-0.39, 0.29) is 0 Å². The van der Waals surface area contributed by atoms with Gasteiger partial charge in [0.2, 0.25) is 0 Å². The van der Waals surface area contributed by atoms with Gasteiger partial charge in [0.25, 0.3) is 0 Å². The molecule has 3 aromatic carbocycles. The number of thiophene rings is 3. The van der Waals surface area contributed by atoms with Gasteiger partial charge in [0, 0.05) is 41.1 Å². The minimum Gasteiger partial charge on any atom is -0.396 e. The van der Waals surface area contributed by atoms with Crippen molar-refractivity contribution in [3.05, 3.63) is 70.4 Å². The largest absolute Gasteiger partial charge is 0.396 e. The van der Waals surface area contributed by atoms with Crippen LogP contribution < -0.4 is 11.5 Å². The number of benzene rings is 3. The number of nitrogens with two attached hydrogens (primary N) is 2. The van der Waals surface area contributed by atoms with E-state index in [1.807, 2.05) is 36.4 Å². The van der Waals surface area contributed by atoms with E-state index in [1.54, 1.807) is 34.0 Å². The first-order valence-electron chi connectivity index (χ1n) is 10.0. The summed E-state index contributed by atoms with van der Waals surface area (Å²) >= 11 is 4.87. The number of nitrogens with zero attached hydrogens (tertiary/aromatic N) is 2. The van der Waals surface area contributed by atoms with Gasteiger partial charge >= 0.3 is 0 Å². The first-order valence-corrected chi connectivity index (χ1v) is 12.6. The van der Waals surface area contributed by atoms with Gasteiger partial charge < -0.3 is 11.5 Å². The van der Waals surface area contributed by atoms with E-state index in [4.69, 9.17) is 11.5 Å². The van der Waals surface area contributed by atoms with E-state index < -0.39 is 0 Å². The van der Waals surface area contributed by atoms with Crippen LogP contribution >= 0.6 is 34.0 Å². The summed E-state index contributed by atoms with van der Waals surface area (Å²) in [6.07, 6.45) is 0. The Bertz CT molecular complexity index is 1690. The highest BCUT2D eigenvalue weighted by atomic mass is 32.1. The lowest BCUT2D eigenvalue weighted by Gasteiger charge is -2.14. The monoisotopic (exact) mass is 478 g/mol. The Balaban J connectivity index is 1.60. The molecule has 33 heavy (non-hydrogen) atoms. The van der Waals surface area contributed by atoms with Gasteiger partial charge in [-0.2, -0.15) is 21.9 Å². The van der Waals surface area contributed by atoms with Crippen LogP contribution in [0, 0.1) is 22.7 Å². The van der Waals surface area contributed by atoms with Crippen LogP contribution in [0.3, 0.4) is 0 Å². The molecule has 0 unspecified atom stereocenters. The molecule has 0 saturated carbocycles. The van der Waals surface area contributed by atoms with E-state index in [1.165, 1.54) is 0 Å². The Morgan fingerprint density at radius 3 is 1.52 bits per heavy atom. The lowest BCUT2D eigenvalue weighted by molar-refractivity contribution is 1.50. The van der Waals surface area contributed by atoms with Crippen molar-refractivity contribution >= 4 is 76.3 Å². The molecule has 0 atom stereocenters. The third-order valence-corrected chi connectivity index (χ3v) is 8.79. The van der Waals surface area contributed by atoms with Crippen molar-refractivity contribution in [3.8, 4) is 33.0 Å². The first kappa shape index (κ1) is 19.8. The summed E-state index contributed by atoms with van der Waals surface area (Å²) in [5.41, 5.74) is 17.7. The summed E-state index contributed by atoms with van der Waals surface area (Å²) in [5.74, 6) is 0. The maximum atomic E-state index is 9.24. The molecule has 0 saturated heterocycles. The Hall–Kier alpha value is -3.88. The number of hydrogen-bond donors (Lipinski definition) is 2. The molecule has 6 aromatic rings. The number of fused-ring (bicyclic) bond motifs is 3. The van der Waals surface area contributed by atoms with Crippen LogP contribution in [0.2, 0.25) is 0 Å². The zero-order valence-electron chi connectivity index (χ0n) is 17.0. The number of nitrogen functional groups attached to an aromatic ring is 2. The van der Waals surface area contributed by atoms with Crippen LogP contribution in [0.15, 0.2) is 59.3 Å². The molecule has 0 aliphatic heterocycles. The van der Waals surface area contributed by atoms with Crippen LogP contribution in [0.1, 0.15) is 11.1 Å². The molecule has 7 heteroatoms. The summed E-state index contributed by atoms with van der Waals surface area (Å²) < 4.78 is 2.10. The minimum absolute atomic E-state index is 0.568. The van der Waals surface area contributed by atoms with Gasteiger partial charge in [-0.15, -0.1) is 22.7 Å². The molecule has 0 spiro atoms. The van der Waals surface area contributed by atoms with Gasteiger partial charge in [-0.25, -0.2) is 0 Å². The van der Waals surface area contributed by atoms with E-state index >= 15 is 0 Å². The van der Waals surface area contributed by atoms with Gasteiger partial charge in [-0.3, -0.25) is 0 Å². The first-order chi connectivity index (χ1) is 16.1. The third kappa shape index (κ3) is 2.99. The van der Waals surface area contributed by atoms with Gasteiger partial charge in [-0.1, -0.05) is 12.1 Å². The second-order valence-electron chi connectivity index (χ2n) is 7.73. The summed E-state index contributed by atoms with van der Waals surface area (Å²) in [7, 11) is 0. The van der Waals surface area contributed by atoms with E-state index in [0.29, 0.717) is 22.5 Å². The van der Waals surface area contributed by atoms with Crippen molar-refractivity contribution in [2.45, 2.75) is 0 Å². The maximum Gasteiger partial charge on any atom is 0.0992 e. The van der Waals surface area contributed by atoms with Gasteiger partial charge in [-0.05, 0) is 57.9 Å². The van der Waals surface area contributed by atoms with E-state index in [2.05, 4.69) is 35.0 Å². The van der Waals surface area contributed by atoms with Crippen LogP contribution in [0.25, 0.3) is 51.8 Å². The molecular formula is C26H14N4S3. The van der Waals surface area contributed by atoms with Crippen LogP contribution in [0.5, 0.6) is 0 Å². The Labute approximate surface area is 201 Å². The van der Waals surface area contributed by atoms with Crippen LogP contribution in [-0.2, 0) is 0 Å². The highest BCUT2D eigenvalue weighted by molar-refractivity contribution is 7.23. The fraction of sp³-hybridized carbons (Fsp3) is 0. The van der Waals surface area contributed by atoms with Crippen molar-refractivity contribution in [1.29, 1.82) is 10.5 Å². The van der Waals surface area contributed by atoms with Crippen molar-refractivity contribution in [3.63, 3.8) is 0 Å². The Morgan fingerprint density at radius 1 is 0.636 bits per heavy atom. The zero-order chi connectivity index (χ0) is 22.7. The molecule has 0 aliphatic carbocycles. The fourth-order valence-electron chi connectivity index (χ4n) is 4.22. The minimum atomic E-state index is 0.568. The highest BCUT2D eigenvalue weighted by Gasteiger charge is 2.21. The Kier molecular flexibility index (Phi) is 4.39. The van der Waals surface area contributed by atoms with Crippen molar-refractivity contribution in [2.75, 3.05) is 11.5 Å². The molecule has 3 heterocycles. The molecule has 3 aromatic heterocycles. The normalized spacial score (nSPS) is 11.2. The zero-order valence-corrected chi connectivity index (χ0v) is 19.5. The molecule has 0 amide bonds. The van der Waals surface area contributed by atoms with Crippen molar-refractivity contribution < 1.29 is 0 Å². The third-order valence-electron chi connectivity index (χ3n) is 5.82. The molecule has 4 nitrogen and oxygen atoms in total. The second-order valence-corrected chi connectivity index (χ2v) is 10.6. The van der Waals surface area contributed by atoms with Gasteiger partial charge in [0.1, 0.15) is 0 Å².